The molecule has 0 amide bonds. The number of rotatable bonds is 5. The number of carbonyl (C=O) groups is 1. The van der Waals surface area contributed by atoms with Crippen LogP contribution in [-0.4, -0.2) is 28.2 Å². The number of methoxy groups -OCH3 is 1. The van der Waals surface area contributed by atoms with Crippen LogP contribution in [0.25, 0.3) is 11.3 Å². The van der Waals surface area contributed by atoms with E-state index in [4.69, 9.17) is 9.47 Å². The number of ether oxygens (including phenoxy) is 2. The maximum absolute atomic E-state index is 12.2. The fraction of sp³-hybridized carbons (Fsp3) is 0.0556. The first-order chi connectivity index (χ1) is 12.6. The van der Waals surface area contributed by atoms with Gasteiger partial charge in [0.1, 0.15) is 11.3 Å². The van der Waals surface area contributed by atoms with Crippen molar-refractivity contribution in [1.82, 2.24) is 10.2 Å². The molecule has 0 bridgehead atoms. The third-order valence-corrected chi connectivity index (χ3v) is 3.54. The van der Waals surface area contributed by atoms with Gasteiger partial charge < -0.3 is 9.47 Å². The van der Waals surface area contributed by atoms with Crippen molar-refractivity contribution in [2.45, 2.75) is 0 Å². The molecule has 0 spiro atoms. The van der Waals surface area contributed by atoms with Crippen LogP contribution < -0.4 is 9.47 Å². The number of esters is 1. The highest BCUT2D eigenvalue weighted by atomic mass is 16.6. The van der Waals surface area contributed by atoms with E-state index in [1.807, 2.05) is 12.1 Å². The van der Waals surface area contributed by atoms with Gasteiger partial charge in [-0.2, -0.15) is 0 Å². The van der Waals surface area contributed by atoms with E-state index in [1.54, 1.807) is 25.3 Å². The molecule has 8 heteroatoms. The molecule has 0 N–H and O–H groups in total. The summed E-state index contributed by atoms with van der Waals surface area (Å²) in [6.07, 6.45) is 0. The third-order valence-electron chi connectivity index (χ3n) is 3.54. The summed E-state index contributed by atoms with van der Waals surface area (Å²) in [5.41, 5.74) is 0.909. The van der Waals surface area contributed by atoms with Crippen molar-refractivity contribution in [3.8, 4) is 22.9 Å². The Bertz CT molecular complexity index is 940. The lowest BCUT2D eigenvalue weighted by Gasteiger charge is -2.05. The van der Waals surface area contributed by atoms with Crippen LogP contribution >= 0.6 is 0 Å². The number of aromatic nitrogens is 2. The minimum atomic E-state index is -0.871. The number of benzene rings is 2. The van der Waals surface area contributed by atoms with E-state index in [9.17, 15) is 14.9 Å². The molecule has 0 fully saturated rings. The van der Waals surface area contributed by atoms with E-state index in [0.717, 1.165) is 11.3 Å². The first-order valence-electron chi connectivity index (χ1n) is 7.52. The van der Waals surface area contributed by atoms with Crippen molar-refractivity contribution in [3.63, 3.8) is 0 Å². The highest BCUT2D eigenvalue weighted by Crippen LogP contribution is 2.22. The summed E-state index contributed by atoms with van der Waals surface area (Å²) in [7, 11) is 1.58. The predicted molar refractivity (Wildman–Crippen MR) is 92.1 cm³/mol. The van der Waals surface area contributed by atoms with E-state index in [1.165, 1.54) is 30.3 Å². The van der Waals surface area contributed by atoms with Crippen LogP contribution in [0, 0.1) is 10.1 Å². The fourth-order valence-corrected chi connectivity index (χ4v) is 2.25. The quantitative estimate of drug-likeness (QED) is 0.394. The summed E-state index contributed by atoms with van der Waals surface area (Å²) in [5, 5.41) is 18.8. The molecule has 0 radical (unpaired) electrons. The smallest absolute Gasteiger partial charge is 0.351 e. The second kappa shape index (κ2) is 7.39. The Kier molecular flexibility index (Phi) is 4.84. The molecule has 8 nitrogen and oxygen atoms in total. The second-order valence-electron chi connectivity index (χ2n) is 5.15. The van der Waals surface area contributed by atoms with Crippen LogP contribution in [0.2, 0.25) is 0 Å². The molecule has 0 aliphatic heterocycles. The molecule has 0 aliphatic rings. The molecule has 130 valence electrons. The van der Waals surface area contributed by atoms with Crippen molar-refractivity contribution in [2.24, 2.45) is 0 Å². The van der Waals surface area contributed by atoms with Gasteiger partial charge in [0.2, 0.25) is 5.88 Å². The van der Waals surface area contributed by atoms with Gasteiger partial charge >= 0.3 is 5.97 Å². The molecule has 0 saturated carbocycles. The molecule has 1 heterocycles. The minimum absolute atomic E-state index is 0.0505. The molecule has 3 aromatic rings. The monoisotopic (exact) mass is 351 g/mol. The zero-order valence-corrected chi connectivity index (χ0v) is 13.7. The van der Waals surface area contributed by atoms with E-state index in [0.29, 0.717) is 5.69 Å². The van der Waals surface area contributed by atoms with Crippen molar-refractivity contribution >= 4 is 11.7 Å². The van der Waals surface area contributed by atoms with Gasteiger partial charge in [-0.1, -0.05) is 12.1 Å². The Labute approximate surface area is 148 Å². The largest absolute Gasteiger partial charge is 0.497 e. The maximum Gasteiger partial charge on any atom is 0.351 e. The van der Waals surface area contributed by atoms with Crippen LogP contribution in [0.3, 0.4) is 0 Å². The average Bonchev–Trinajstić information content (AvgIpc) is 2.68. The maximum atomic E-state index is 12.2. The fourth-order valence-electron chi connectivity index (χ4n) is 2.25. The molecular weight excluding hydrogens is 338 g/mol. The number of para-hydroxylation sites is 1. The van der Waals surface area contributed by atoms with Gasteiger partial charge in [-0.15, -0.1) is 10.2 Å². The number of carbonyl (C=O) groups excluding carboxylic acids is 1. The first kappa shape index (κ1) is 17.0. The Hall–Kier alpha value is -3.81. The van der Waals surface area contributed by atoms with Gasteiger partial charge in [0.05, 0.1) is 17.7 Å². The van der Waals surface area contributed by atoms with Crippen LogP contribution in [0.15, 0.2) is 60.7 Å². The summed E-state index contributed by atoms with van der Waals surface area (Å²) < 4.78 is 10.2. The third kappa shape index (κ3) is 3.64. The summed E-state index contributed by atoms with van der Waals surface area (Å²) in [5.74, 6) is -0.203. The molecule has 1 aromatic heterocycles. The number of nitrogens with zero attached hydrogens (tertiary/aromatic N) is 3. The van der Waals surface area contributed by atoms with Gasteiger partial charge in [-0.3, -0.25) is 10.1 Å². The molecule has 2 aromatic carbocycles. The molecule has 0 unspecified atom stereocenters. The predicted octanol–water partition coefficient (Wildman–Crippen LogP) is 3.28. The summed E-state index contributed by atoms with van der Waals surface area (Å²) >= 11 is 0. The lowest BCUT2D eigenvalue weighted by Crippen LogP contribution is -2.12. The summed E-state index contributed by atoms with van der Waals surface area (Å²) in [6, 6.07) is 15.9. The van der Waals surface area contributed by atoms with Gasteiger partial charge in [0.25, 0.3) is 5.69 Å². The minimum Gasteiger partial charge on any atom is -0.497 e. The first-order valence-corrected chi connectivity index (χ1v) is 7.52. The lowest BCUT2D eigenvalue weighted by atomic mass is 10.1. The Morgan fingerprint density at radius 3 is 2.35 bits per heavy atom. The van der Waals surface area contributed by atoms with Gasteiger partial charge in [-0.25, -0.2) is 4.79 Å². The molecular formula is C18H13N3O5. The Balaban J connectivity index is 1.77. The van der Waals surface area contributed by atoms with Crippen molar-refractivity contribution in [2.75, 3.05) is 7.11 Å². The van der Waals surface area contributed by atoms with E-state index >= 15 is 0 Å². The van der Waals surface area contributed by atoms with Crippen molar-refractivity contribution < 1.29 is 19.2 Å². The van der Waals surface area contributed by atoms with Crippen molar-refractivity contribution in [1.29, 1.82) is 0 Å². The highest BCUT2D eigenvalue weighted by molar-refractivity contribution is 5.95. The Morgan fingerprint density at radius 2 is 1.73 bits per heavy atom. The van der Waals surface area contributed by atoms with Gasteiger partial charge in [0.15, 0.2) is 0 Å². The second-order valence-corrected chi connectivity index (χ2v) is 5.15. The SMILES string of the molecule is COc1ccc(-c2ccc(OC(=O)c3ccccc3[N+](=O)[O-])nn2)cc1. The summed E-state index contributed by atoms with van der Waals surface area (Å²) in [4.78, 5) is 22.5. The van der Waals surface area contributed by atoms with E-state index < -0.39 is 10.9 Å². The van der Waals surface area contributed by atoms with Gasteiger partial charge in [0, 0.05) is 17.7 Å². The number of hydrogen-bond acceptors (Lipinski definition) is 7. The molecule has 3 rings (SSSR count). The molecule has 0 aliphatic carbocycles. The van der Waals surface area contributed by atoms with E-state index in [-0.39, 0.29) is 17.1 Å². The zero-order valence-electron chi connectivity index (χ0n) is 13.7. The lowest BCUT2D eigenvalue weighted by molar-refractivity contribution is -0.385. The van der Waals surface area contributed by atoms with Crippen LogP contribution in [0.4, 0.5) is 5.69 Å². The molecule has 0 atom stereocenters. The Morgan fingerprint density at radius 1 is 1.00 bits per heavy atom. The number of nitro benzene ring substituents is 1. The topological polar surface area (TPSA) is 104 Å². The number of hydrogen-bond donors (Lipinski definition) is 0. The molecule has 26 heavy (non-hydrogen) atoms. The zero-order chi connectivity index (χ0) is 18.5. The van der Waals surface area contributed by atoms with E-state index in [2.05, 4.69) is 10.2 Å². The average molecular weight is 351 g/mol. The van der Waals surface area contributed by atoms with Crippen molar-refractivity contribution in [3.05, 3.63) is 76.3 Å². The standard InChI is InChI=1S/C18H13N3O5/c1-25-13-8-6-12(7-9-13)15-10-11-17(20-19-15)26-18(22)14-4-2-3-5-16(14)21(23)24/h2-11H,1H3. The summed E-state index contributed by atoms with van der Waals surface area (Å²) in [6.45, 7) is 0. The highest BCUT2D eigenvalue weighted by Gasteiger charge is 2.21. The normalized spacial score (nSPS) is 10.2. The van der Waals surface area contributed by atoms with Crippen LogP contribution in [0.5, 0.6) is 11.6 Å². The van der Waals surface area contributed by atoms with Crippen LogP contribution in [0.1, 0.15) is 10.4 Å². The van der Waals surface area contributed by atoms with Crippen LogP contribution in [-0.2, 0) is 0 Å². The molecule has 0 saturated heterocycles. The number of nitro groups is 1. The van der Waals surface area contributed by atoms with Gasteiger partial charge in [-0.05, 0) is 36.4 Å².